The lowest BCUT2D eigenvalue weighted by molar-refractivity contribution is 0.298. The summed E-state index contributed by atoms with van der Waals surface area (Å²) in [6, 6.07) is 8.61. The molecule has 48 heavy (non-hydrogen) atoms. The molecular formula is C31H30BrN7O7S2. The van der Waals surface area contributed by atoms with Crippen molar-refractivity contribution in [3.63, 3.8) is 0 Å². The fraction of sp³-hybridized carbons (Fsp3) is 0.226. The van der Waals surface area contributed by atoms with Crippen molar-refractivity contribution in [2.24, 2.45) is 0 Å². The molecule has 6 aromatic heterocycles. The topological polar surface area (TPSA) is 190 Å². The first-order valence-corrected chi connectivity index (χ1v) is 17.4. The SMILES string of the molecule is COc1ncc(-c2ccc3ncc(CCO)c(=O)n3c2)cc1NS(=O)(=O)c1sc(C)nc1C.O=c1c(CCO)cnc2ccc(Br)cn12. The van der Waals surface area contributed by atoms with Gasteiger partial charge in [-0.2, -0.15) is 0 Å². The number of thiazole rings is 1. The normalized spacial score (nSPS) is 11.4. The Morgan fingerprint density at radius 1 is 0.875 bits per heavy atom. The zero-order valence-corrected chi connectivity index (χ0v) is 29.1. The maximum absolute atomic E-state index is 13.0. The number of aryl methyl sites for hydroxylation is 2. The third-order valence-corrected chi connectivity index (χ3v) is 10.5. The highest BCUT2D eigenvalue weighted by molar-refractivity contribution is 9.10. The van der Waals surface area contributed by atoms with Gasteiger partial charge in [0.1, 0.15) is 17.0 Å². The van der Waals surface area contributed by atoms with Crippen LogP contribution in [-0.4, -0.2) is 67.7 Å². The Morgan fingerprint density at radius 2 is 1.48 bits per heavy atom. The number of pyridine rings is 3. The monoisotopic (exact) mass is 755 g/mol. The lowest BCUT2D eigenvalue weighted by Gasteiger charge is -2.13. The molecule has 6 rings (SSSR count). The molecule has 0 saturated carbocycles. The molecule has 0 bridgehead atoms. The van der Waals surface area contributed by atoms with E-state index in [4.69, 9.17) is 14.9 Å². The first kappa shape index (κ1) is 34.8. The van der Waals surface area contributed by atoms with Gasteiger partial charge in [0.2, 0.25) is 5.88 Å². The lowest BCUT2D eigenvalue weighted by Crippen LogP contribution is -2.20. The highest BCUT2D eigenvalue weighted by Crippen LogP contribution is 2.32. The van der Waals surface area contributed by atoms with Crippen LogP contribution in [0.3, 0.4) is 0 Å². The minimum absolute atomic E-state index is 0.0447. The zero-order chi connectivity index (χ0) is 34.6. The molecule has 0 aliphatic rings. The molecular weight excluding hydrogens is 726 g/mol. The van der Waals surface area contributed by atoms with E-state index in [2.05, 4.69) is 40.6 Å². The summed E-state index contributed by atoms with van der Waals surface area (Å²) >= 11 is 4.37. The molecule has 6 aromatic rings. The molecule has 0 spiro atoms. The van der Waals surface area contributed by atoms with Gasteiger partial charge in [0, 0.05) is 83.8 Å². The van der Waals surface area contributed by atoms with E-state index in [-0.39, 0.29) is 46.5 Å². The van der Waals surface area contributed by atoms with Crippen LogP contribution >= 0.6 is 27.3 Å². The number of methoxy groups -OCH3 is 1. The number of sulfonamides is 1. The van der Waals surface area contributed by atoms with E-state index in [1.165, 1.54) is 34.5 Å². The summed E-state index contributed by atoms with van der Waals surface area (Å²) in [5, 5.41) is 18.6. The number of anilines is 1. The Morgan fingerprint density at radius 3 is 2.04 bits per heavy atom. The Bertz CT molecular complexity index is 2360. The number of ether oxygens (including phenoxy) is 1. The summed E-state index contributed by atoms with van der Waals surface area (Å²) in [5.41, 5.74) is 3.29. The maximum Gasteiger partial charge on any atom is 0.273 e. The quantitative estimate of drug-likeness (QED) is 0.197. The molecule has 0 radical (unpaired) electrons. The van der Waals surface area contributed by atoms with Gasteiger partial charge in [-0.05, 0) is 60.1 Å². The second kappa shape index (κ2) is 14.7. The smallest absolute Gasteiger partial charge is 0.273 e. The Balaban J connectivity index is 0.000000250. The van der Waals surface area contributed by atoms with Gasteiger partial charge in [-0.25, -0.2) is 28.4 Å². The summed E-state index contributed by atoms with van der Waals surface area (Å²) in [7, 11) is -2.52. The van der Waals surface area contributed by atoms with E-state index in [0.29, 0.717) is 50.7 Å². The van der Waals surface area contributed by atoms with Crippen LogP contribution in [0.5, 0.6) is 5.88 Å². The highest BCUT2D eigenvalue weighted by atomic mass is 79.9. The van der Waals surface area contributed by atoms with Crippen molar-refractivity contribution in [3.8, 4) is 17.0 Å². The summed E-state index contributed by atoms with van der Waals surface area (Å²) < 4.78 is 37.5. The predicted molar refractivity (Wildman–Crippen MR) is 184 cm³/mol. The van der Waals surface area contributed by atoms with Crippen LogP contribution in [-0.2, 0) is 22.9 Å². The van der Waals surface area contributed by atoms with Crippen molar-refractivity contribution in [1.29, 1.82) is 0 Å². The van der Waals surface area contributed by atoms with Crippen LogP contribution in [0.2, 0.25) is 0 Å². The average Bonchev–Trinajstić information content (AvgIpc) is 3.42. The van der Waals surface area contributed by atoms with Crippen molar-refractivity contribution < 1.29 is 23.4 Å². The number of aliphatic hydroxyl groups excluding tert-OH is 2. The van der Waals surface area contributed by atoms with Gasteiger partial charge >= 0.3 is 0 Å². The summed E-state index contributed by atoms with van der Waals surface area (Å²) in [4.78, 5) is 41.4. The van der Waals surface area contributed by atoms with Crippen LogP contribution in [0, 0.1) is 13.8 Å². The summed E-state index contributed by atoms with van der Waals surface area (Å²) in [6.07, 6.45) is 8.30. The molecule has 0 aliphatic heterocycles. The lowest BCUT2D eigenvalue weighted by atomic mass is 10.1. The molecule has 250 valence electrons. The molecule has 0 atom stereocenters. The number of nitrogens with one attached hydrogen (secondary N) is 1. The molecule has 6 heterocycles. The van der Waals surface area contributed by atoms with Gasteiger partial charge in [0.05, 0.1) is 17.8 Å². The number of aromatic nitrogens is 6. The number of fused-ring (bicyclic) bond motifs is 2. The largest absolute Gasteiger partial charge is 0.480 e. The van der Waals surface area contributed by atoms with E-state index in [1.807, 2.05) is 6.07 Å². The molecule has 0 unspecified atom stereocenters. The first-order valence-electron chi connectivity index (χ1n) is 14.3. The molecule has 0 aromatic carbocycles. The first-order chi connectivity index (χ1) is 22.9. The average molecular weight is 757 g/mol. The Hall–Kier alpha value is -4.55. The van der Waals surface area contributed by atoms with Gasteiger partial charge in [0.25, 0.3) is 21.1 Å². The fourth-order valence-corrected chi connectivity index (χ4v) is 7.63. The Labute approximate surface area is 286 Å². The third-order valence-electron chi connectivity index (χ3n) is 7.00. The van der Waals surface area contributed by atoms with E-state index < -0.39 is 10.0 Å². The van der Waals surface area contributed by atoms with Crippen molar-refractivity contribution in [3.05, 3.63) is 108 Å². The zero-order valence-electron chi connectivity index (χ0n) is 25.9. The van der Waals surface area contributed by atoms with Crippen LogP contribution in [0.25, 0.3) is 22.4 Å². The number of hydrogen-bond acceptors (Lipinski definition) is 12. The molecule has 0 aliphatic carbocycles. The second-order valence-corrected chi connectivity index (χ2v) is 14.3. The van der Waals surface area contributed by atoms with Crippen LogP contribution in [0.4, 0.5) is 5.69 Å². The van der Waals surface area contributed by atoms with Gasteiger partial charge < -0.3 is 14.9 Å². The molecule has 17 heteroatoms. The Kier molecular flexibility index (Phi) is 10.6. The maximum atomic E-state index is 13.0. The van der Waals surface area contributed by atoms with E-state index in [1.54, 1.807) is 50.5 Å². The van der Waals surface area contributed by atoms with Crippen LogP contribution < -0.4 is 20.6 Å². The van der Waals surface area contributed by atoms with Gasteiger partial charge in [-0.15, -0.1) is 11.3 Å². The van der Waals surface area contributed by atoms with E-state index in [9.17, 15) is 18.0 Å². The van der Waals surface area contributed by atoms with Crippen molar-refractivity contribution in [2.45, 2.75) is 30.9 Å². The highest BCUT2D eigenvalue weighted by Gasteiger charge is 2.23. The number of rotatable bonds is 9. The van der Waals surface area contributed by atoms with Gasteiger partial charge in [-0.3, -0.25) is 23.1 Å². The third kappa shape index (κ3) is 7.44. The molecule has 3 N–H and O–H groups in total. The summed E-state index contributed by atoms with van der Waals surface area (Å²) in [6.45, 7) is 3.17. The number of hydrogen-bond donors (Lipinski definition) is 3. The standard InChI is InChI=1S/C21H21N5O5S2.C10H9BrN2O2/c1-12-21(32-13(2)24-12)33(29,30)25-17-8-16(10-23-19(17)31-3)15-4-5-18-22-9-14(6-7-27)20(28)26(18)11-15;11-8-1-2-9-12-5-7(3-4-14)10(15)13(9)6-8/h4-5,8-11,25,27H,6-7H2,1-3H3;1-2,5-6,14H,3-4H2. The number of nitrogens with zero attached hydrogens (tertiary/aromatic N) is 6. The summed E-state index contributed by atoms with van der Waals surface area (Å²) in [5.74, 6) is 0.103. The van der Waals surface area contributed by atoms with Crippen LogP contribution in [0.15, 0.2) is 79.6 Å². The van der Waals surface area contributed by atoms with E-state index in [0.717, 1.165) is 15.8 Å². The minimum atomic E-state index is -3.91. The molecule has 0 amide bonds. The predicted octanol–water partition coefficient (Wildman–Crippen LogP) is 3.17. The fourth-order valence-electron chi connectivity index (χ4n) is 4.76. The van der Waals surface area contributed by atoms with Gasteiger partial charge in [0.15, 0.2) is 4.21 Å². The van der Waals surface area contributed by atoms with Gasteiger partial charge in [-0.1, -0.05) is 0 Å². The molecule has 0 fully saturated rings. The number of aliphatic hydroxyl groups is 2. The minimum Gasteiger partial charge on any atom is -0.480 e. The van der Waals surface area contributed by atoms with Crippen molar-refractivity contribution in [1.82, 2.24) is 28.7 Å². The van der Waals surface area contributed by atoms with Crippen LogP contribution in [0.1, 0.15) is 21.8 Å². The molecule has 14 nitrogen and oxygen atoms in total. The number of halogens is 1. The second-order valence-electron chi connectivity index (χ2n) is 10.3. The van der Waals surface area contributed by atoms with E-state index >= 15 is 0 Å². The molecule has 0 saturated heterocycles. The van der Waals surface area contributed by atoms with Crippen molar-refractivity contribution in [2.75, 3.05) is 25.0 Å². The van der Waals surface area contributed by atoms with Crippen molar-refractivity contribution >= 4 is 54.3 Å².